The fourth-order valence-corrected chi connectivity index (χ4v) is 7.31. The number of nitrogens with zero attached hydrogens (tertiary/aromatic N) is 4. The molecule has 0 saturated heterocycles. The fourth-order valence-electron chi connectivity index (χ4n) is 7.31. The molecule has 0 aliphatic carbocycles. The molecule has 46 heavy (non-hydrogen) atoms. The lowest BCUT2D eigenvalue weighted by molar-refractivity contribution is 0.996. The molecule has 0 fully saturated rings. The fraction of sp³-hybridized carbons (Fsp3) is 0. The number of pyridine rings is 1. The topological polar surface area (TPSA) is 35.1 Å². The molecular formula is C42H26N4. The molecular weight excluding hydrogens is 560 g/mol. The van der Waals surface area contributed by atoms with Gasteiger partial charge in [-0.3, -0.25) is 4.57 Å². The number of rotatable bonds is 3. The first kappa shape index (κ1) is 25.1. The molecule has 0 N–H and O–H groups in total. The van der Waals surface area contributed by atoms with Crippen molar-refractivity contribution < 1.29 is 0 Å². The third-order valence-corrected chi connectivity index (χ3v) is 9.31. The summed E-state index contributed by atoms with van der Waals surface area (Å²) in [5.41, 5.74) is 9.68. The van der Waals surface area contributed by atoms with Gasteiger partial charge >= 0.3 is 0 Å². The summed E-state index contributed by atoms with van der Waals surface area (Å²) in [6.45, 7) is 0. The van der Waals surface area contributed by atoms with Crippen LogP contribution in [0.1, 0.15) is 0 Å². The molecule has 0 aliphatic rings. The molecule has 6 aromatic carbocycles. The standard InChI is InChI=1S/C42H26N4/c1-3-13-27(14-4-1)34-26-35(28-15-5-2-6-16-28)44-42(43-34)46-37-22-12-10-20-32(37)41-33-25-40-31-19-8-7-17-29(31)30-18-9-11-21-36(30)45(40)38(33)23-24-39(41)46/h1-26H. The van der Waals surface area contributed by atoms with E-state index in [4.69, 9.17) is 9.97 Å². The molecule has 0 bridgehead atoms. The van der Waals surface area contributed by atoms with Gasteiger partial charge in [-0.25, -0.2) is 9.97 Å². The Morgan fingerprint density at radius 3 is 1.52 bits per heavy atom. The van der Waals surface area contributed by atoms with Crippen molar-refractivity contribution in [1.82, 2.24) is 18.9 Å². The molecule has 0 spiro atoms. The summed E-state index contributed by atoms with van der Waals surface area (Å²) in [5.74, 6) is 0.658. The number of hydrogen-bond donors (Lipinski definition) is 0. The summed E-state index contributed by atoms with van der Waals surface area (Å²) in [6.07, 6.45) is 0. The maximum atomic E-state index is 5.22. The quantitative estimate of drug-likeness (QED) is 0.193. The van der Waals surface area contributed by atoms with Gasteiger partial charge in [0.1, 0.15) is 0 Å². The minimum Gasteiger partial charge on any atom is -0.309 e. The Morgan fingerprint density at radius 2 is 0.848 bits per heavy atom. The first-order valence-electron chi connectivity index (χ1n) is 15.6. The van der Waals surface area contributed by atoms with Crippen molar-refractivity contribution in [2.45, 2.75) is 0 Å². The third kappa shape index (κ3) is 3.55. The van der Waals surface area contributed by atoms with Crippen LogP contribution in [0.25, 0.3) is 88.4 Å². The predicted octanol–water partition coefficient (Wildman–Crippen LogP) is 10.6. The summed E-state index contributed by atoms with van der Waals surface area (Å²) in [5, 5.41) is 7.39. The van der Waals surface area contributed by atoms with Crippen molar-refractivity contribution in [2.24, 2.45) is 0 Å². The summed E-state index contributed by atoms with van der Waals surface area (Å²) >= 11 is 0. The van der Waals surface area contributed by atoms with Gasteiger partial charge < -0.3 is 4.40 Å². The van der Waals surface area contributed by atoms with E-state index in [-0.39, 0.29) is 0 Å². The van der Waals surface area contributed by atoms with Crippen molar-refractivity contribution in [3.63, 3.8) is 0 Å². The maximum Gasteiger partial charge on any atom is 0.235 e. The van der Waals surface area contributed by atoms with E-state index < -0.39 is 0 Å². The summed E-state index contributed by atoms with van der Waals surface area (Å²) in [6, 6.07) is 55.8. The van der Waals surface area contributed by atoms with E-state index in [1.54, 1.807) is 0 Å². The molecule has 0 unspecified atom stereocenters. The normalized spacial score (nSPS) is 11.9. The molecule has 10 aromatic rings. The first-order chi connectivity index (χ1) is 22.8. The van der Waals surface area contributed by atoms with E-state index >= 15 is 0 Å². The molecule has 4 nitrogen and oxygen atoms in total. The number of hydrogen-bond acceptors (Lipinski definition) is 2. The number of benzene rings is 6. The van der Waals surface area contributed by atoms with Gasteiger partial charge in [0, 0.05) is 38.1 Å². The van der Waals surface area contributed by atoms with Crippen molar-refractivity contribution in [3.05, 3.63) is 158 Å². The smallest absolute Gasteiger partial charge is 0.235 e. The summed E-state index contributed by atoms with van der Waals surface area (Å²) < 4.78 is 4.67. The highest BCUT2D eigenvalue weighted by molar-refractivity contribution is 6.24. The third-order valence-electron chi connectivity index (χ3n) is 9.31. The molecule has 10 rings (SSSR count). The molecule has 0 radical (unpaired) electrons. The highest BCUT2D eigenvalue weighted by Gasteiger charge is 2.21. The van der Waals surface area contributed by atoms with E-state index in [0.717, 1.165) is 33.5 Å². The van der Waals surface area contributed by atoms with Gasteiger partial charge in [0.2, 0.25) is 5.95 Å². The van der Waals surface area contributed by atoms with Gasteiger partial charge in [-0.2, -0.15) is 0 Å². The molecule has 4 heteroatoms. The van der Waals surface area contributed by atoms with Crippen LogP contribution in [-0.2, 0) is 0 Å². The van der Waals surface area contributed by atoms with Crippen LogP contribution in [0.5, 0.6) is 0 Å². The van der Waals surface area contributed by atoms with Crippen molar-refractivity contribution in [2.75, 3.05) is 0 Å². The second-order valence-electron chi connectivity index (χ2n) is 11.8. The van der Waals surface area contributed by atoms with Gasteiger partial charge in [-0.05, 0) is 41.8 Å². The maximum absolute atomic E-state index is 5.22. The van der Waals surface area contributed by atoms with Gasteiger partial charge in [0.25, 0.3) is 0 Å². The van der Waals surface area contributed by atoms with Gasteiger partial charge in [0.15, 0.2) is 0 Å². The van der Waals surface area contributed by atoms with Gasteiger partial charge in [0.05, 0.1) is 39.0 Å². The number of para-hydroxylation sites is 2. The SMILES string of the molecule is c1ccc(-c2cc(-c3ccccc3)nc(-n3c4ccccc4c4c5cc6c7ccccc7c7ccccc7n6c5ccc43)n2)cc1. The van der Waals surface area contributed by atoms with Gasteiger partial charge in [-0.15, -0.1) is 0 Å². The zero-order chi connectivity index (χ0) is 30.2. The van der Waals surface area contributed by atoms with Crippen LogP contribution in [0.2, 0.25) is 0 Å². The van der Waals surface area contributed by atoms with E-state index in [0.29, 0.717) is 5.95 Å². The highest BCUT2D eigenvalue weighted by atomic mass is 15.2. The Hall–Kier alpha value is -6.26. The Morgan fingerprint density at radius 1 is 0.348 bits per heavy atom. The number of fused-ring (bicyclic) bond motifs is 12. The van der Waals surface area contributed by atoms with Crippen molar-refractivity contribution in [1.29, 1.82) is 0 Å². The summed E-state index contributed by atoms with van der Waals surface area (Å²) in [7, 11) is 0. The van der Waals surface area contributed by atoms with Crippen LogP contribution in [0.4, 0.5) is 0 Å². The van der Waals surface area contributed by atoms with E-state index in [2.05, 4.69) is 155 Å². The minimum absolute atomic E-state index is 0.658. The Labute approximate surface area is 264 Å². The van der Waals surface area contributed by atoms with Crippen LogP contribution in [0.3, 0.4) is 0 Å². The lowest BCUT2D eigenvalue weighted by Crippen LogP contribution is -2.04. The van der Waals surface area contributed by atoms with Crippen molar-refractivity contribution in [3.8, 4) is 28.5 Å². The lowest BCUT2D eigenvalue weighted by atomic mass is 10.0. The Bertz CT molecular complexity index is 2730. The molecule has 4 heterocycles. The number of aromatic nitrogens is 4. The Kier molecular flexibility index (Phi) is 5.25. The Balaban J connectivity index is 1.34. The monoisotopic (exact) mass is 586 g/mol. The minimum atomic E-state index is 0.658. The first-order valence-corrected chi connectivity index (χ1v) is 15.6. The average molecular weight is 587 g/mol. The molecule has 0 amide bonds. The predicted molar refractivity (Wildman–Crippen MR) is 191 cm³/mol. The van der Waals surface area contributed by atoms with E-state index in [1.807, 2.05) is 12.1 Å². The van der Waals surface area contributed by atoms with Crippen LogP contribution in [0.15, 0.2) is 158 Å². The zero-order valence-corrected chi connectivity index (χ0v) is 24.8. The largest absolute Gasteiger partial charge is 0.309 e. The molecule has 4 aromatic heterocycles. The second-order valence-corrected chi connectivity index (χ2v) is 11.8. The second kappa shape index (κ2) is 9.62. The van der Waals surface area contributed by atoms with E-state index in [1.165, 1.54) is 48.9 Å². The van der Waals surface area contributed by atoms with E-state index in [9.17, 15) is 0 Å². The molecule has 0 aliphatic heterocycles. The average Bonchev–Trinajstić information content (AvgIpc) is 3.69. The highest BCUT2D eigenvalue weighted by Crippen LogP contribution is 2.41. The van der Waals surface area contributed by atoms with Crippen LogP contribution < -0.4 is 0 Å². The van der Waals surface area contributed by atoms with Crippen LogP contribution >= 0.6 is 0 Å². The van der Waals surface area contributed by atoms with Gasteiger partial charge in [-0.1, -0.05) is 121 Å². The lowest BCUT2D eigenvalue weighted by Gasteiger charge is -2.12. The van der Waals surface area contributed by atoms with Crippen LogP contribution in [0, 0.1) is 0 Å². The summed E-state index contributed by atoms with van der Waals surface area (Å²) in [4.78, 5) is 10.4. The zero-order valence-electron chi connectivity index (χ0n) is 24.8. The molecule has 0 atom stereocenters. The molecule has 0 saturated carbocycles. The molecule has 214 valence electrons. The van der Waals surface area contributed by atoms with Crippen LogP contribution in [-0.4, -0.2) is 18.9 Å². The van der Waals surface area contributed by atoms with Crippen molar-refractivity contribution >= 4 is 59.9 Å².